The molecule has 1 aromatic heterocycles. The van der Waals surface area contributed by atoms with Crippen LogP contribution in [0.1, 0.15) is 22.8 Å². The fourth-order valence-electron chi connectivity index (χ4n) is 3.17. The molecule has 0 saturated heterocycles. The Kier molecular flexibility index (Phi) is 3.84. The molecule has 2 heterocycles. The molecule has 26 heavy (non-hydrogen) atoms. The summed E-state index contributed by atoms with van der Waals surface area (Å²) in [6, 6.07) is 12.7. The van der Waals surface area contributed by atoms with Crippen LogP contribution in [0.5, 0.6) is 5.75 Å². The Balaban J connectivity index is 1.74. The van der Waals surface area contributed by atoms with Gasteiger partial charge in [-0.05, 0) is 43.7 Å². The Morgan fingerprint density at radius 1 is 1.27 bits per heavy atom. The molecule has 1 amide bonds. The van der Waals surface area contributed by atoms with Gasteiger partial charge in [-0.25, -0.2) is 14.5 Å². The van der Waals surface area contributed by atoms with Crippen LogP contribution in [0.4, 0.5) is 5.69 Å². The normalized spacial score (nSPS) is 16.1. The molecule has 2 aromatic carbocycles. The molecule has 0 bridgehead atoms. The second kappa shape index (κ2) is 6.18. The molecule has 132 valence electrons. The van der Waals surface area contributed by atoms with Crippen molar-refractivity contribution >= 4 is 11.6 Å². The first-order valence-corrected chi connectivity index (χ1v) is 8.35. The van der Waals surface area contributed by atoms with Gasteiger partial charge in [-0.2, -0.15) is 5.10 Å². The van der Waals surface area contributed by atoms with Crippen molar-refractivity contribution in [1.29, 1.82) is 0 Å². The number of fused-ring (bicyclic) bond motifs is 1. The molecule has 1 aliphatic heterocycles. The number of benzene rings is 2. The average Bonchev–Trinajstić information content (AvgIpc) is 3.07. The lowest BCUT2D eigenvalue weighted by molar-refractivity contribution is 0.0961. The van der Waals surface area contributed by atoms with Crippen molar-refractivity contribution in [2.75, 3.05) is 11.4 Å². The molecule has 0 spiro atoms. The number of rotatable bonds is 2. The van der Waals surface area contributed by atoms with Crippen molar-refractivity contribution in [3.05, 3.63) is 70.4 Å². The monoisotopic (exact) mass is 350 g/mol. The van der Waals surface area contributed by atoms with Crippen molar-refractivity contribution in [1.82, 2.24) is 14.8 Å². The number of aromatic nitrogens is 3. The number of carbonyl (C=O) groups is 1. The number of anilines is 1. The third kappa shape index (κ3) is 2.67. The minimum atomic E-state index is -0.351. The van der Waals surface area contributed by atoms with Crippen LogP contribution in [-0.2, 0) is 0 Å². The van der Waals surface area contributed by atoms with Crippen LogP contribution >= 0.6 is 0 Å². The smallest absolute Gasteiger partial charge is 0.347 e. The number of H-pyrrole nitrogens is 1. The SMILES string of the molecule is Cc1cccc2c1O[C@@H](C)CN2C(=O)c1cccc(-n2cn[nH]c2=O)c1. The standard InChI is InChI=1S/C19H18N4O3/c1-12-5-3-8-16-17(12)26-13(2)10-22(16)18(24)14-6-4-7-15(9-14)23-11-20-21-19(23)25/h3-9,11,13H,10H2,1-2H3,(H,21,25)/t13-/m0/s1. The molecule has 0 saturated carbocycles. The number of carbonyl (C=O) groups excluding carboxylic acids is 1. The molecule has 7 heteroatoms. The van der Waals surface area contributed by atoms with Gasteiger partial charge in [-0.3, -0.25) is 4.79 Å². The van der Waals surface area contributed by atoms with E-state index in [1.807, 2.05) is 32.0 Å². The van der Waals surface area contributed by atoms with E-state index in [2.05, 4.69) is 10.2 Å². The summed E-state index contributed by atoms with van der Waals surface area (Å²) in [5.74, 6) is 0.604. The van der Waals surface area contributed by atoms with E-state index in [4.69, 9.17) is 4.74 Å². The van der Waals surface area contributed by atoms with Gasteiger partial charge in [-0.15, -0.1) is 0 Å². The zero-order chi connectivity index (χ0) is 18.3. The molecule has 4 rings (SSSR count). The molecule has 0 unspecified atom stereocenters. The Bertz CT molecular complexity index is 1040. The van der Waals surface area contributed by atoms with Gasteiger partial charge >= 0.3 is 5.69 Å². The number of para-hydroxylation sites is 1. The minimum Gasteiger partial charge on any atom is -0.486 e. The topological polar surface area (TPSA) is 80.2 Å². The fourth-order valence-corrected chi connectivity index (χ4v) is 3.17. The van der Waals surface area contributed by atoms with E-state index in [-0.39, 0.29) is 17.7 Å². The summed E-state index contributed by atoms with van der Waals surface area (Å²) in [7, 11) is 0. The molecular weight excluding hydrogens is 332 g/mol. The van der Waals surface area contributed by atoms with Gasteiger partial charge in [0.1, 0.15) is 18.2 Å². The number of nitrogens with zero attached hydrogens (tertiary/aromatic N) is 3. The molecule has 1 aliphatic rings. The van der Waals surface area contributed by atoms with Crippen LogP contribution in [-0.4, -0.2) is 33.3 Å². The van der Waals surface area contributed by atoms with Crippen molar-refractivity contribution < 1.29 is 9.53 Å². The van der Waals surface area contributed by atoms with E-state index in [1.165, 1.54) is 10.9 Å². The van der Waals surface area contributed by atoms with Crippen molar-refractivity contribution in [3.63, 3.8) is 0 Å². The fraction of sp³-hybridized carbons (Fsp3) is 0.211. The Morgan fingerprint density at radius 2 is 2.08 bits per heavy atom. The van der Waals surface area contributed by atoms with Crippen LogP contribution in [0.15, 0.2) is 53.6 Å². The number of aromatic amines is 1. The molecule has 0 fully saturated rings. The first-order chi connectivity index (χ1) is 12.5. The Hall–Kier alpha value is -3.35. The van der Waals surface area contributed by atoms with Gasteiger partial charge in [0.15, 0.2) is 0 Å². The van der Waals surface area contributed by atoms with Crippen LogP contribution in [0.25, 0.3) is 5.69 Å². The number of aryl methyl sites for hydroxylation is 1. The van der Waals surface area contributed by atoms with Gasteiger partial charge in [-0.1, -0.05) is 18.2 Å². The highest BCUT2D eigenvalue weighted by Gasteiger charge is 2.29. The Morgan fingerprint density at radius 3 is 2.85 bits per heavy atom. The van der Waals surface area contributed by atoms with Gasteiger partial charge < -0.3 is 9.64 Å². The van der Waals surface area contributed by atoms with Crippen LogP contribution < -0.4 is 15.3 Å². The molecule has 0 radical (unpaired) electrons. The minimum absolute atomic E-state index is 0.104. The van der Waals surface area contributed by atoms with Crippen LogP contribution in [0.2, 0.25) is 0 Å². The lowest BCUT2D eigenvalue weighted by atomic mass is 10.1. The summed E-state index contributed by atoms with van der Waals surface area (Å²) in [5, 5.41) is 6.08. The summed E-state index contributed by atoms with van der Waals surface area (Å²) in [5.41, 5.74) is 2.48. The van der Waals surface area contributed by atoms with Gasteiger partial charge in [0, 0.05) is 5.56 Å². The van der Waals surface area contributed by atoms with Gasteiger partial charge in [0.25, 0.3) is 5.91 Å². The van der Waals surface area contributed by atoms with E-state index in [1.54, 1.807) is 29.2 Å². The maximum atomic E-state index is 13.2. The summed E-state index contributed by atoms with van der Waals surface area (Å²) >= 11 is 0. The number of ether oxygens (including phenoxy) is 1. The quantitative estimate of drug-likeness (QED) is 0.769. The predicted molar refractivity (Wildman–Crippen MR) is 97.1 cm³/mol. The van der Waals surface area contributed by atoms with Crippen LogP contribution in [0.3, 0.4) is 0 Å². The first kappa shape index (κ1) is 16.1. The zero-order valence-electron chi connectivity index (χ0n) is 14.5. The van der Waals surface area contributed by atoms with Crippen LogP contribution in [0, 0.1) is 6.92 Å². The zero-order valence-corrected chi connectivity index (χ0v) is 14.5. The highest BCUT2D eigenvalue weighted by molar-refractivity contribution is 6.07. The van der Waals surface area contributed by atoms with E-state index < -0.39 is 0 Å². The second-order valence-corrected chi connectivity index (χ2v) is 6.35. The van der Waals surface area contributed by atoms with Gasteiger partial charge in [0.2, 0.25) is 0 Å². The summed E-state index contributed by atoms with van der Waals surface area (Å²) < 4.78 is 7.28. The summed E-state index contributed by atoms with van der Waals surface area (Å²) in [4.78, 5) is 26.7. The maximum absolute atomic E-state index is 13.2. The lowest BCUT2D eigenvalue weighted by Gasteiger charge is -2.34. The third-order valence-electron chi connectivity index (χ3n) is 4.41. The van der Waals surface area contributed by atoms with E-state index in [0.717, 1.165) is 17.0 Å². The maximum Gasteiger partial charge on any atom is 0.347 e. The second-order valence-electron chi connectivity index (χ2n) is 6.35. The van der Waals surface area contributed by atoms with E-state index >= 15 is 0 Å². The lowest BCUT2D eigenvalue weighted by Crippen LogP contribution is -2.42. The molecule has 1 atom stereocenters. The van der Waals surface area contributed by atoms with Crippen molar-refractivity contribution in [2.24, 2.45) is 0 Å². The number of hydrogen-bond donors (Lipinski definition) is 1. The summed E-state index contributed by atoms with van der Waals surface area (Å²) in [6.07, 6.45) is 1.29. The van der Waals surface area contributed by atoms with Gasteiger partial charge in [0.05, 0.1) is 17.9 Å². The molecular formula is C19H18N4O3. The van der Waals surface area contributed by atoms with E-state index in [0.29, 0.717) is 17.8 Å². The molecule has 0 aliphatic carbocycles. The number of amides is 1. The van der Waals surface area contributed by atoms with Crippen molar-refractivity contribution in [3.8, 4) is 11.4 Å². The number of nitrogens with one attached hydrogen (secondary N) is 1. The highest BCUT2D eigenvalue weighted by Crippen LogP contribution is 2.37. The Labute approximate surface area is 149 Å². The van der Waals surface area contributed by atoms with E-state index in [9.17, 15) is 9.59 Å². The molecule has 3 aromatic rings. The van der Waals surface area contributed by atoms with Crippen molar-refractivity contribution in [2.45, 2.75) is 20.0 Å². The molecule has 1 N–H and O–H groups in total. The summed E-state index contributed by atoms with van der Waals surface area (Å²) in [6.45, 7) is 4.37. The number of hydrogen-bond acceptors (Lipinski definition) is 4. The highest BCUT2D eigenvalue weighted by atomic mass is 16.5. The average molecular weight is 350 g/mol. The molecule has 7 nitrogen and oxygen atoms in total. The predicted octanol–water partition coefficient (Wildman–Crippen LogP) is 2.30. The first-order valence-electron chi connectivity index (χ1n) is 8.35. The largest absolute Gasteiger partial charge is 0.486 e. The third-order valence-corrected chi connectivity index (χ3v) is 4.41.